The van der Waals surface area contributed by atoms with Gasteiger partial charge in [0.05, 0.1) is 50.6 Å². The lowest BCUT2D eigenvalue weighted by molar-refractivity contribution is -0.139. The Hall–Kier alpha value is -6.83. The van der Waals surface area contributed by atoms with Gasteiger partial charge in [0.25, 0.3) is 0 Å². The maximum atomic E-state index is 13.9. The Labute approximate surface area is 355 Å². The number of carbonyl (C=O) groups excluding carboxylic acids is 5. The number of nitrogens with zero attached hydrogens (tertiary/aromatic N) is 5. The molecule has 2 fully saturated rings. The minimum absolute atomic E-state index is 0.119. The van der Waals surface area contributed by atoms with Crippen molar-refractivity contribution in [2.24, 2.45) is 11.8 Å². The maximum Gasteiger partial charge on any atom is 0.407 e. The van der Waals surface area contributed by atoms with E-state index in [0.717, 1.165) is 46.5 Å². The Kier molecular flexibility index (Phi) is 14.0. The highest BCUT2D eigenvalue weighted by Gasteiger charge is 2.40. The number of hydrogen-bond donors (Lipinski definition) is 5. The van der Waals surface area contributed by atoms with Crippen LogP contribution in [0.25, 0.3) is 22.5 Å². The molecular formula is C44H54N10O7. The molecule has 4 aromatic rings. The number of likely N-dealkylation sites (tertiary alicyclic amines) is 1. The van der Waals surface area contributed by atoms with Crippen LogP contribution in [0.3, 0.4) is 0 Å². The van der Waals surface area contributed by atoms with Crippen molar-refractivity contribution in [2.45, 2.75) is 64.7 Å². The lowest BCUT2D eigenvalue weighted by atomic mass is 10.0. The number of imidazole rings is 2. The van der Waals surface area contributed by atoms with Gasteiger partial charge < -0.3 is 50.1 Å². The molecule has 4 heterocycles. The number of aromatic nitrogens is 4. The highest BCUT2D eigenvalue weighted by atomic mass is 16.5. The molecule has 17 nitrogen and oxygen atoms in total. The summed E-state index contributed by atoms with van der Waals surface area (Å²) < 4.78 is 9.52. The van der Waals surface area contributed by atoms with E-state index in [1.54, 1.807) is 34.1 Å². The third-order valence-corrected chi connectivity index (χ3v) is 11.0. The molecule has 2 aromatic carbocycles. The van der Waals surface area contributed by atoms with E-state index in [-0.39, 0.29) is 48.8 Å². The van der Waals surface area contributed by atoms with Gasteiger partial charge in [0.2, 0.25) is 11.8 Å². The molecule has 2 saturated heterocycles. The zero-order valence-corrected chi connectivity index (χ0v) is 35.6. The molecule has 0 bridgehead atoms. The second-order valence-corrected chi connectivity index (χ2v) is 15.7. The van der Waals surface area contributed by atoms with E-state index >= 15 is 0 Å². The van der Waals surface area contributed by atoms with Crippen molar-refractivity contribution in [3.05, 3.63) is 83.7 Å². The van der Waals surface area contributed by atoms with Crippen LogP contribution in [0.4, 0.5) is 14.4 Å². The van der Waals surface area contributed by atoms with Gasteiger partial charge in [0, 0.05) is 37.8 Å². The first-order valence-electron chi connectivity index (χ1n) is 20.4. The maximum absolute atomic E-state index is 13.9. The minimum atomic E-state index is -0.830. The Morgan fingerprint density at radius 2 is 1.15 bits per heavy atom. The number of amides is 6. The summed E-state index contributed by atoms with van der Waals surface area (Å²) in [6.45, 7) is 8.82. The van der Waals surface area contributed by atoms with E-state index in [1.165, 1.54) is 14.2 Å². The molecule has 2 aromatic heterocycles. The number of piperazine rings is 1. The largest absolute Gasteiger partial charge is 0.453 e. The average molecular weight is 835 g/mol. The highest BCUT2D eigenvalue weighted by Crippen LogP contribution is 2.33. The first-order valence-corrected chi connectivity index (χ1v) is 20.4. The summed E-state index contributed by atoms with van der Waals surface area (Å²) in [5.74, 6) is 6.88. The summed E-state index contributed by atoms with van der Waals surface area (Å²) >= 11 is 0. The number of hydrogen-bond acceptors (Lipinski definition) is 9. The van der Waals surface area contributed by atoms with Crippen LogP contribution in [0.5, 0.6) is 0 Å². The molecule has 6 amide bonds. The van der Waals surface area contributed by atoms with Crippen LogP contribution in [-0.2, 0) is 19.1 Å². The molecule has 0 radical (unpaired) electrons. The number of ether oxygens (including phenoxy) is 2. The fourth-order valence-corrected chi connectivity index (χ4v) is 7.61. The normalized spacial score (nSPS) is 17.3. The number of rotatable bonds is 10. The third-order valence-electron chi connectivity index (χ3n) is 11.0. The third kappa shape index (κ3) is 10.1. The molecule has 0 spiro atoms. The number of methoxy groups -OCH3 is 2. The Balaban J connectivity index is 1.12. The fraction of sp³-hybridized carbons (Fsp3) is 0.432. The second kappa shape index (κ2) is 19.5. The predicted octanol–water partition coefficient (Wildman–Crippen LogP) is 4.82. The van der Waals surface area contributed by atoms with Crippen molar-refractivity contribution in [2.75, 3.05) is 47.4 Å². The molecular weight excluding hydrogens is 781 g/mol. The number of urea groups is 1. The molecule has 4 unspecified atom stereocenters. The van der Waals surface area contributed by atoms with Gasteiger partial charge >= 0.3 is 18.2 Å². The number of alkyl carbamates (subject to hydrolysis) is 2. The Morgan fingerprint density at radius 1 is 0.689 bits per heavy atom. The van der Waals surface area contributed by atoms with Crippen molar-refractivity contribution in [1.82, 2.24) is 50.6 Å². The van der Waals surface area contributed by atoms with Crippen LogP contribution in [0.1, 0.15) is 75.4 Å². The summed E-state index contributed by atoms with van der Waals surface area (Å²) in [6, 6.07) is 12.9. The van der Waals surface area contributed by atoms with Gasteiger partial charge in [-0.2, -0.15) is 0 Å². The molecule has 17 heteroatoms. The predicted molar refractivity (Wildman–Crippen MR) is 227 cm³/mol. The summed E-state index contributed by atoms with van der Waals surface area (Å²) in [6.07, 6.45) is 3.73. The van der Waals surface area contributed by atoms with Gasteiger partial charge in [-0.05, 0) is 60.1 Å². The first kappa shape index (κ1) is 43.7. The van der Waals surface area contributed by atoms with Crippen LogP contribution < -0.4 is 16.0 Å². The average Bonchev–Trinajstić information content (AvgIpc) is 4.08. The van der Waals surface area contributed by atoms with Gasteiger partial charge in [-0.1, -0.05) is 63.8 Å². The molecule has 5 N–H and O–H groups in total. The second-order valence-electron chi connectivity index (χ2n) is 15.7. The van der Waals surface area contributed by atoms with E-state index in [2.05, 4.69) is 47.7 Å². The molecule has 2 aliphatic heterocycles. The van der Waals surface area contributed by atoms with Crippen molar-refractivity contribution in [3.63, 3.8) is 0 Å². The van der Waals surface area contributed by atoms with E-state index < -0.39 is 30.3 Å². The van der Waals surface area contributed by atoms with Gasteiger partial charge in [0.1, 0.15) is 29.8 Å². The van der Waals surface area contributed by atoms with Crippen molar-refractivity contribution < 1.29 is 33.4 Å². The summed E-state index contributed by atoms with van der Waals surface area (Å²) in [4.78, 5) is 85.2. The summed E-state index contributed by atoms with van der Waals surface area (Å²) in [5.41, 5.74) is 4.98. The summed E-state index contributed by atoms with van der Waals surface area (Å²) in [5, 5.41) is 8.00. The zero-order valence-electron chi connectivity index (χ0n) is 35.6. The lowest BCUT2D eigenvalue weighted by Crippen LogP contribution is -2.59. The van der Waals surface area contributed by atoms with E-state index in [4.69, 9.17) is 9.47 Å². The Morgan fingerprint density at radius 3 is 1.59 bits per heavy atom. The molecule has 0 aliphatic carbocycles. The Bertz CT molecular complexity index is 2260. The fourth-order valence-electron chi connectivity index (χ4n) is 7.61. The van der Waals surface area contributed by atoms with Gasteiger partial charge in [-0.15, -0.1) is 0 Å². The van der Waals surface area contributed by atoms with Crippen LogP contribution in [0.2, 0.25) is 0 Å². The van der Waals surface area contributed by atoms with E-state index in [1.807, 2.05) is 76.2 Å². The standard InChI is InChI=1S/C44H54N10O7/c1-26(2)36(50-43(58)60-6)40(55)53-20-8-9-34(53)38-46-23-32(48-38)30-16-12-28(13-17-30)10-11-29-14-18-31(19-15-29)33-24-47-39(49-33)35-25-52(42(57)45-5)21-22-54(35)41(56)37(27(3)4)51-44(59)61-7/h12-19,23-24,26-27,34-37H,8-9,20-22,25H2,1-7H3,(H,45,57)(H,46,48)(H,47,49)(H,50,58)(H,51,59). The molecule has 0 saturated carbocycles. The zero-order chi connectivity index (χ0) is 43.8. The van der Waals surface area contributed by atoms with Crippen molar-refractivity contribution in [1.29, 1.82) is 0 Å². The highest BCUT2D eigenvalue weighted by molar-refractivity contribution is 5.87. The van der Waals surface area contributed by atoms with Gasteiger partial charge in [-0.25, -0.2) is 24.4 Å². The van der Waals surface area contributed by atoms with E-state index in [9.17, 15) is 24.0 Å². The molecule has 4 atom stereocenters. The van der Waals surface area contributed by atoms with Crippen LogP contribution in [0.15, 0.2) is 60.9 Å². The lowest BCUT2D eigenvalue weighted by Gasteiger charge is -2.42. The van der Waals surface area contributed by atoms with E-state index in [0.29, 0.717) is 24.7 Å². The molecule has 2 aliphatic rings. The first-order chi connectivity index (χ1) is 29.3. The topological polar surface area (TPSA) is 207 Å². The molecule has 61 heavy (non-hydrogen) atoms. The van der Waals surface area contributed by atoms with Crippen molar-refractivity contribution in [3.8, 4) is 34.4 Å². The monoisotopic (exact) mass is 834 g/mol. The molecule has 6 rings (SSSR count). The number of aromatic amines is 2. The van der Waals surface area contributed by atoms with Crippen LogP contribution in [-0.4, -0.2) is 124 Å². The quantitative estimate of drug-likeness (QED) is 0.139. The van der Waals surface area contributed by atoms with Crippen LogP contribution in [0, 0.1) is 23.7 Å². The number of benzene rings is 2. The number of nitrogens with one attached hydrogen (secondary N) is 5. The van der Waals surface area contributed by atoms with Crippen LogP contribution >= 0.6 is 0 Å². The van der Waals surface area contributed by atoms with Gasteiger partial charge in [0.15, 0.2) is 0 Å². The summed E-state index contributed by atoms with van der Waals surface area (Å²) in [7, 11) is 4.09. The van der Waals surface area contributed by atoms with Gasteiger partial charge in [-0.3, -0.25) is 9.59 Å². The number of H-pyrrole nitrogens is 2. The number of carbonyl (C=O) groups is 5. The van der Waals surface area contributed by atoms with Crippen molar-refractivity contribution >= 4 is 30.0 Å². The minimum Gasteiger partial charge on any atom is -0.453 e. The smallest absolute Gasteiger partial charge is 0.407 e. The molecule has 322 valence electrons. The SMILES string of the molecule is CNC(=O)N1CCN(C(=O)C(NC(=O)OC)C(C)C)C(c2ncc(-c3ccc(C#Cc4ccc(-c5cnc(C6CCCN6C(=O)C(NC(=O)OC)C(C)C)[nH]5)cc4)cc3)[nH]2)C1.